The van der Waals surface area contributed by atoms with E-state index in [1.807, 2.05) is 18.2 Å². The molecule has 2 nitrogen and oxygen atoms in total. The maximum absolute atomic E-state index is 5.36. The number of benzene rings is 6. The number of fused-ring (bicyclic) bond motifs is 3. The number of hydrogen-bond acceptors (Lipinski definition) is 2. The predicted octanol–water partition coefficient (Wildman–Crippen LogP) is 9.64. The monoisotopic (exact) mass is 477 g/mol. The fourth-order valence-electron chi connectivity index (χ4n) is 4.90. The molecule has 0 unspecified atom stereocenters. The molecule has 6 aromatic rings. The van der Waals surface area contributed by atoms with Gasteiger partial charge in [0.25, 0.3) is 0 Å². The molecule has 0 atom stereocenters. The lowest BCUT2D eigenvalue weighted by atomic mass is 9.96. The minimum atomic E-state index is 0.846. The van der Waals surface area contributed by atoms with Gasteiger partial charge in [-0.1, -0.05) is 91.0 Å². The summed E-state index contributed by atoms with van der Waals surface area (Å²) in [5.41, 5.74) is 5.67. The Kier molecular flexibility index (Phi) is 6.14. The normalized spacial score (nSPS) is 11.3. The van der Waals surface area contributed by atoms with E-state index < -0.39 is 0 Å². The molecule has 178 valence electrons. The van der Waals surface area contributed by atoms with Crippen molar-refractivity contribution in [1.29, 1.82) is 0 Å². The lowest BCUT2D eigenvalue weighted by Crippen LogP contribution is -2.09. The van der Waals surface area contributed by atoms with E-state index in [1.54, 1.807) is 7.11 Å². The van der Waals surface area contributed by atoms with E-state index in [1.165, 1.54) is 27.1 Å². The van der Waals surface area contributed by atoms with Gasteiger partial charge < -0.3 is 9.64 Å². The van der Waals surface area contributed by atoms with Crippen LogP contribution in [0.15, 0.2) is 133 Å². The molecule has 0 aliphatic heterocycles. The molecule has 0 saturated heterocycles. The smallest absolute Gasteiger partial charge is 0.119 e. The highest BCUT2D eigenvalue weighted by atomic mass is 16.5. The van der Waals surface area contributed by atoms with Crippen molar-refractivity contribution in [2.45, 2.75) is 0 Å². The lowest BCUT2D eigenvalue weighted by Gasteiger charge is -2.25. The van der Waals surface area contributed by atoms with Gasteiger partial charge in [0.2, 0.25) is 0 Å². The quantitative estimate of drug-likeness (QED) is 0.175. The fourth-order valence-corrected chi connectivity index (χ4v) is 4.90. The molecule has 0 aliphatic carbocycles. The maximum atomic E-state index is 5.36. The SMILES string of the molecule is COc1ccc(N(c2ccccc2)c2ccc(/C=C\c3cc4ccccc4c4ccccc34)cc2)cc1. The second kappa shape index (κ2) is 10.0. The Hall–Kier alpha value is -4.82. The first-order chi connectivity index (χ1) is 18.3. The van der Waals surface area contributed by atoms with Crippen LogP contribution < -0.4 is 9.64 Å². The van der Waals surface area contributed by atoms with Crippen LogP contribution in [0.25, 0.3) is 33.7 Å². The van der Waals surface area contributed by atoms with E-state index in [-0.39, 0.29) is 0 Å². The van der Waals surface area contributed by atoms with E-state index in [2.05, 4.69) is 132 Å². The molecule has 37 heavy (non-hydrogen) atoms. The number of methoxy groups -OCH3 is 1. The van der Waals surface area contributed by atoms with Crippen LogP contribution in [-0.4, -0.2) is 7.11 Å². The first-order valence-corrected chi connectivity index (χ1v) is 12.5. The third-order valence-electron chi connectivity index (χ3n) is 6.75. The number of rotatable bonds is 6. The minimum absolute atomic E-state index is 0.846. The zero-order valence-electron chi connectivity index (χ0n) is 20.7. The molecule has 0 radical (unpaired) electrons. The second-order valence-corrected chi connectivity index (χ2v) is 9.03. The van der Waals surface area contributed by atoms with Gasteiger partial charge in [0.1, 0.15) is 5.75 Å². The Labute approximate surface area is 217 Å². The zero-order valence-corrected chi connectivity index (χ0v) is 20.7. The van der Waals surface area contributed by atoms with E-state index in [4.69, 9.17) is 4.74 Å². The standard InChI is InChI=1S/C35H27NO/c1-37-32-23-21-31(22-24-32)36(29-10-3-2-4-11-29)30-19-16-26(17-20-30)15-18-28-25-27-9-5-6-12-33(27)35-14-8-7-13-34(28)35/h2-25H,1H3/b18-15-. The van der Waals surface area contributed by atoms with Crippen LogP contribution in [0.4, 0.5) is 17.1 Å². The summed E-state index contributed by atoms with van der Waals surface area (Å²) >= 11 is 0. The summed E-state index contributed by atoms with van der Waals surface area (Å²) in [7, 11) is 1.69. The fraction of sp³-hybridized carbons (Fsp3) is 0.0286. The molecular formula is C35H27NO. The second-order valence-electron chi connectivity index (χ2n) is 9.03. The van der Waals surface area contributed by atoms with Crippen LogP contribution in [0.5, 0.6) is 5.75 Å². The third kappa shape index (κ3) is 4.57. The van der Waals surface area contributed by atoms with Crippen LogP contribution >= 0.6 is 0 Å². The predicted molar refractivity (Wildman–Crippen MR) is 158 cm³/mol. The van der Waals surface area contributed by atoms with Gasteiger partial charge in [-0.25, -0.2) is 0 Å². The molecule has 0 fully saturated rings. The van der Waals surface area contributed by atoms with Gasteiger partial charge in [-0.15, -0.1) is 0 Å². The maximum Gasteiger partial charge on any atom is 0.119 e. The van der Waals surface area contributed by atoms with Gasteiger partial charge in [-0.3, -0.25) is 0 Å². The van der Waals surface area contributed by atoms with Crippen molar-refractivity contribution in [3.63, 3.8) is 0 Å². The van der Waals surface area contributed by atoms with Crippen LogP contribution in [0, 0.1) is 0 Å². The number of anilines is 3. The highest BCUT2D eigenvalue weighted by molar-refractivity contribution is 6.11. The van der Waals surface area contributed by atoms with Gasteiger partial charge >= 0.3 is 0 Å². The molecule has 0 spiro atoms. The van der Waals surface area contributed by atoms with Crippen LogP contribution in [0.2, 0.25) is 0 Å². The molecule has 0 aliphatic rings. The first-order valence-electron chi connectivity index (χ1n) is 12.5. The molecule has 0 amide bonds. The van der Waals surface area contributed by atoms with Crippen molar-refractivity contribution in [2.24, 2.45) is 0 Å². The molecule has 6 rings (SSSR count). The van der Waals surface area contributed by atoms with Gasteiger partial charge in [0.05, 0.1) is 7.11 Å². The Morgan fingerprint density at radius 2 is 1.08 bits per heavy atom. The van der Waals surface area contributed by atoms with Crippen LogP contribution in [0.1, 0.15) is 11.1 Å². The van der Waals surface area contributed by atoms with E-state index in [9.17, 15) is 0 Å². The number of para-hydroxylation sites is 1. The molecule has 0 saturated carbocycles. The molecule has 0 N–H and O–H groups in total. The van der Waals surface area contributed by atoms with Crippen molar-refractivity contribution < 1.29 is 4.74 Å². The summed E-state index contributed by atoms with van der Waals surface area (Å²) in [4.78, 5) is 2.25. The van der Waals surface area contributed by atoms with Crippen LogP contribution in [0.3, 0.4) is 0 Å². The first kappa shape index (κ1) is 22.6. The zero-order chi connectivity index (χ0) is 25.0. The molecule has 2 heteroatoms. The third-order valence-corrected chi connectivity index (χ3v) is 6.75. The van der Waals surface area contributed by atoms with Crippen molar-refractivity contribution in [1.82, 2.24) is 0 Å². The summed E-state index contributed by atoms with van der Waals surface area (Å²) in [5.74, 6) is 0.846. The van der Waals surface area contributed by atoms with Gasteiger partial charge in [-0.05, 0) is 87.3 Å². The highest BCUT2D eigenvalue weighted by Crippen LogP contribution is 2.35. The Morgan fingerprint density at radius 3 is 1.78 bits per heavy atom. The topological polar surface area (TPSA) is 12.5 Å². The van der Waals surface area contributed by atoms with Gasteiger partial charge in [0.15, 0.2) is 0 Å². The average Bonchev–Trinajstić information content (AvgIpc) is 2.98. The Bertz CT molecular complexity index is 1680. The van der Waals surface area contributed by atoms with Crippen molar-refractivity contribution >= 4 is 50.8 Å². The van der Waals surface area contributed by atoms with E-state index in [0.717, 1.165) is 28.4 Å². The largest absolute Gasteiger partial charge is 0.497 e. The van der Waals surface area contributed by atoms with Crippen LogP contribution in [-0.2, 0) is 0 Å². The van der Waals surface area contributed by atoms with Crippen molar-refractivity contribution in [3.8, 4) is 5.75 Å². The summed E-state index contributed by atoms with van der Waals surface area (Å²) in [6.45, 7) is 0. The molecule has 0 bridgehead atoms. The molecule has 0 aromatic heterocycles. The summed E-state index contributed by atoms with van der Waals surface area (Å²) < 4.78 is 5.36. The Balaban J connectivity index is 1.35. The van der Waals surface area contributed by atoms with Gasteiger partial charge in [-0.2, -0.15) is 0 Å². The van der Waals surface area contributed by atoms with Crippen molar-refractivity contribution in [2.75, 3.05) is 12.0 Å². The molecule has 6 aromatic carbocycles. The number of ether oxygens (including phenoxy) is 1. The highest BCUT2D eigenvalue weighted by Gasteiger charge is 2.12. The Morgan fingerprint density at radius 1 is 0.514 bits per heavy atom. The summed E-state index contributed by atoms with van der Waals surface area (Å²) in [6.07, 6.45) is 4.42. The number of hydrogen-bond donors (Lipinski definition) is 0. The molecular weight excluding hydrogens is 450 g/mol. The van der Waals surface area contributed by atoms with E-state index >= 15 is 0 Å². The summed E-state index contributed by atoms with van der Waals surface area (Å²) in [5, 5.41) is 5.10. The average molecular weight is 478 g/mol. The molecule has 0 heterocycles. The van der Waals surface area contributed by atoms with E-state index in [0.29, 0.717) is 0 Å². The van der Waals surface area contributed by atoms with Crippen molar-refractivity contribution in [3.05, 3.63) is 145 Å². The van der Waals surface area contributed by atoms with Gasteiger partial charge in [0, 0.05) is 17.1 Å². The minimum Gasteiger partial charge on any atom is -0.497 e. The number of nitrogens with zero attached hydrogens (tertiary/aromatic N) is 1. The summed E-state index contributed by atoms with van der Waals surface area (Å²) in [6, 6.07) is 46.8. The lowest BCUT2D eigenvalue weighted by molar-refractivity contribution is 0.415.